The van der Waals surface area contributed by atoms with E-state index < -0.39 is 0 Å². The zero-order chi connectivity index (χ0) is 16.9. The molecular weight excluding hydrogens is 300 g/mol. The predicted octanol–water partition coefficient (Wildman–Crippen LogP) is 3.16. The Kier molecular flexibility index (Phi) is 4.70. The minimum Gasteiger partial charge on any atom is -0.335 e. The van der Waals surface area contributed by atoms with Gasteiger partial charge in [-0.2, -0.15) is 5.10 Å². The van der Waals surface area contributed by atoms with Gasteiger partial charge in [-0.15, -0.1) is 0 Å². The van der Waals surface area contributed by atoms with Crippen LogP contribution in [0.1, 0.15) is 34.5 Å². The SMILES string of the molecule is C[C@@H](c1ccccc1)N(C)C(=O)c1ccc(Cn2cncn2)cc1. The van der Waals surface area contributed by atoms with Gasteiger partial charge in [0.15, 0.2) is 0 Å². The second kappa shape index (κ2) is 7.08. The fraction of sp³-hybridized carbons (Fsp3) is 0.211. The number of carbonyl (C=O) groups is 1. The molecule has 2 aromatic carbocycles. The maximum absolute atomic E-state index is 12.7. The second-order valence-corrected chi connectivity index (χ2v) is 5.79. The highest BCUT2D eigenvalue weighted by atomic mass is 16.2. The summed E-state index contributed by atoms with van der Waals surface area (Å²) in [6.45, 7) is 2.68. The van der Waals surface area contributed by atoms with E-state index in [2.05, 4.69) is 10.1 Å². The van der Waals surface area contributed by atoms with Gasteiger partial charge in [-0.3, -0.25) is 4.79 Å². The van der Waals surface area contributed by atoms with Crippen LogP contribution in [-0.4, -0.2) is 32.6 Å². The third-order valence-electron chi connectivity index (χ3n) is 4.20. The number of benzene rings is 2. The second-order valence-electron chi connectivity index (χ2n) is 5.79. The van der Waals surface area contributed by atoms with Gasteiger partial charge in [0.2, 0.25) is 0 Å². The van der Waals surface area contributed by atoms with Crippen LogP contribution in [0.25, 0.3) is 0 Å². The van der Waals surface area contributed by atoms with Gasteiger partial charge in [0.25, 0.3) is 5.91 Å². The lowest BCUT2D eigenvalue weighted by molar-refractivity contribution is 0.0742. The summed E-state index contributed by atoms with van der Waals surface area (Å²) in [6.07, 6.45) is 3.19. The minimum absolute atomic E-state index is 0.0126. The first kappa shape index (κ1) is 15.9. The van der Waals surface area contributed by atoms with Crippen LogP contribution in [0.15, 0.2) is 67.3 Å². The third-order valence-corrected chi connectivity index (χ3v) is 4.20. The molecule has 0 saturated carbocycles. The van der Waals surface area contributed by atoms with Crippen LogP contribution in [0, 0.1) is 0 Å². The van der Waals surface area contributed by atoms with Crippen molar-refractivity contribution in [2.75, 3.05) is 7.05 Å². The summed E-state index contributed by atoms with van der Waals surface area (Å²) in [4.78, 5) is 18.4. The van der Waals surface area contributed by atoms with Gasteiger partial charge >= 0.3 is 0 Å². The predicted molar refractivity (Wildman–Crippen MR) is 92.5 cm³/mol. The van der Waals surface area contributed by atoms with E-state index in [1.807, 2.05) is 68.6 Å². The van der Waals surface area contributed by atoms with Crippen molar-refractivity contribution >= 4 is 5.91 Å². The fourth-order valence-corrected chi connectivity index (χ4v) is 2.59. The largest absolute Gasteiger partial charge is 0.335 e. The summed E-state index contributed by atoms with van der Waals surface area (Å²) < 4.78 is 1.75. The first-order valence-electron chi connectivity index (χ1n) is 7.88. The highest BCUT2D eigenvalue weighted by molar-refractivity contribution is 5.94. The summed E-state index contributed by atoms with van der Waals surface area (Å²) >= 11 is 0. The molecule has 0 fully saturated rings. The van der Waals surface area contributed by atoms with E-state index in [0.29, 0.717) is 12.1 Å². The number of aromatic nitrogens is 3. The fourth-order valence-electron chi connectivity index (χ4n) is 2.59. The number of carbonyl (C=O) groups excluding carboxylic acids is 1. The molecule has 1 atom stereocenters. The molecule has 0 unspecified atom stereocenters. The average molecular weight is 320 g/mol. The van der Waals surface area contributed by atoms with E-state index in [-0.39, 0.29) is 11.9 Å². The molecule has 1 amide bonds. The van der Waals surface area contributed by atoms with Crippen molar-refractivity contribution in [1.29, 1.82) is 0 Å². The van der Waals surface area contributed by atoms with Crippen molar-refractivity contribution in [1.82, 2.24) is 19.7 Å². The van der Waals surface area contributed by atoms with Crippen LogP contribution in [0.2, 0.25) is 0 Å². The van der Waals surface area contributed by atoms with Crippen molar-refractivity contribution in [3.63, 3.8) is 0 Å². The van der Waals surface area contributed by atoms with Crippen molar-refractivity contribution in [3.8, 4) is 0 Å². The van der Waals surface area contributed by atoms with Gasteiger partial charge in [0, 0.05) is 12.6 Å². The molecule has 0 aliphatic rings. The normalized spacial score (nSPS) is 11.9. The molecule has 0 radical (unpaired) electrons. The molecule has 24 heavy (non-hydrogen) atoms. The first-order chi connectivity index (χ1) is 11.6. The Labute approximate surface area is 141 Å². The average Bonchev–Trinajstić information content (AvgIpc) is 3.14. The van der Waals surface area contributed by atoms with Crippen LogP contribution < -0.4 is 0 Å². The zero-order valence-corrected chi connectivity index (χ0v) is 13.8. The maximum atomic E-state index is 12.7. The third kappa shape index (κ3) is 3.51. The van der Waals surface area contributed by atoms with Crippen LogP contribution >= 0.6 is 0 Å². The summed E-state index contributed by atoms with van der Waals surface area (Å²) in [6, 6.07) is 17.7. The van der Waals surface area contributed by atoms with Gasteiger partial charge < -0.3 is 4.90 Å². The van der Waals surface area contributed by atoms with E-state index in [1.54, 1.807) is 15.9 Å². The maximum Gasteiger partial charge on any atom is 0.254 e. The quantitative estimate of drug-likeness (QED) is 0.725. The van der Waals surface area contributed by atoms with Gasteiger partial charge in [-0.25, -0.2) is 9.67 Å². The highest BCUT2D eigenvalue weighted by Crippen LogP contribution is 2.20. The topological polar surface area (TPSA) is 51.0 Å². The first-order valence-corrected chi connectivity index (χ1v) is 7.88. The van der Waals surface area contributed by atoms with Crippen LogP contribution in [0.4, 0.5) is 0 Å². The van der Waals surface area contributed by atoms with Crippen molar-refractivity contribution in [3.05, 3.63) is 83.9 Å². The Hall–Kier alpha value is -2.95. The number of hydrogen-bond donors (Lipinski definition) is 0. The Bertz CT molecular complexity index is 782. The Morgan fingerprint density at radius 1 is 1.12 bits per heavy atom. The molecular formula is C19H20N4O. The van der Waals surface area contributed by atoms with E-state index in [0.717, 1.165) is 11.1 Å². The Balaban J connectivity index is 1.70. The van der Waals surface area contributed by atoms with Crippen LogP contribution in [0.3, 0.4) is 0 Å². The molecule has 1 heterocycles. The number of rotatable bonds is 5. The lowest BCUT2D eigenvalue weighted by Crippen LogP contribution is -2.29. The molecule has 0 saturated heterocycles. The molecule has 0 aliphatic carbocycles. The van der Waals surface area contributed by atoms with Gasteiger partial charge in [0.05, 0.1) is 12.6 Å². The van der Waals surface area contributed by atoms with Gasteiger partial charge in [-0.1, -0.05) is 42.5 Å². The Morgan fingerprint density at radius 2 is 1.83 bits per heavy atom. The molecule has 5 nitrogen and oxygen atoms in total. The standard InChI is InChI=1S/C19H20N4O/c1-15(17-6-4-3-5-7-17)22(2)19(24)18-10-8-16(9-11-18)12-23-14-20-13-21-23/h3-11,13-15H,12H2,1-2H3/t15-/m0/s1. The molecule has 0 bridgehead atoms. The lowest BCUT2D eigenvalue weighted by Gasteiger charge is -2.25. The Morgan fingerprint density at radius 3 is 2.46 bits per heavy atom. The van der Waals surface area contributed by atoms with E-state index in [9.17, 15) is 4.79 Å². The lowest BCUT2D eigenvalue weighted by atomic mass is 10.1. The summed E-state index contributed by atoms with van der Waals surface area (Å²) in [5.41, 5.74) is 2.88. The molecule has 0 aliphatic heterocycles. The van der Waals surface area contributed by atoms with E-state index in [1.165, 1.54) is 6.33 Å². The van der Waals surface area contributed by atoms with Gasteiger partial charge in [0.1, 0.15) is 12.7 Å². The number of hydrogen-bond acceptors (Lipinski definition) is 3. The zero-order valence-electron chi connectivity index (χ0n) is 13.8. The van der Waals surface area contributed by atoms with Crippen LogP contribution in [-0.2, 0) is 6.54 Å². The number of amides is 1. The molecule has 5 heteroatoms. The molecule has 0 N–H and O–H groups in total. The van der Waals surface area contributed by atoms with E-state index >= 15 is 0 Å². The molecule has 0 spiro atoms. The monoisotopic (exact) mass is 320 g/mol. The van der Waals surface area contributed by atoms with Crippen LogP contribution in [0.5, 0.6) is 0 Å². The number of nitrogens with zero attached hydrogens (tertiary/aromatic N) is 4. The smallest absolute Gasteiger partial charge is 0.254 e. The molecule has 1 aromatic heterocycles. The molecule has 122 valence electrons. The van der Waals surface area contributed by atoms with Crippen molar-refractivity contribution in [2.24, 2.45) is 0 Å². The van der Waals surface area contributed by atoms with E-state index in [4.69, 9.17) is 0 Å². The molecule has 3 rings (SSSR count). The summed E-state index contributed by atoms with van der Waals surface area (Å²) in [7, 11) is 1.84. The highest BCUT2D eigenvalue weighted by Gasteiger charge is 2.18. The van der Waals surface area contributed by atoms with Gasteiger partial charge in [-0.05, 0) is 30.2 Å². The summed E-state index contributed by atoms with van der Waals surface area (Å²) in [5, 5.41) is 4.08. The molecule has 3 aromatic rings. The minimum atomic E-state index is 0.0126. The van der Waals surface area contributed by atoms with Crippen molar-refractivity contribution < 1.29 is 4.79 Å². The summed E-state index contributed by atoms with van der Waals surface area (Å²) in [5.74, 6) is 0.0126. The van der Waals surface area contributed by atoms with Crippen molar-refractivity contribution in [2.45, 2.75) is 19.5 Å².